The SMILES string of the molecule is CCC(O)C(CC)Nc1nc(Cl)ncc1Br. The molecule has 16 heavy (non-hydrogen) atoms. The molecule has 1 aromatic heterocycles. The van der Waals surface area contributed by atoms with Crippen molar-refractivity contribution in [1.29, 1.82) is 0 Å². The highest BCUT2D eigenvalue weighted by atomic mass is 79.9. The van der Waals surface area contributed by atoms with Gasteiger partial charge >= 0.3 is 0 Å². The monoisotopic (exact) mass is 307 g/mol. The summed E-state index contributed by atoms with van der Waals surface area (Å²) in [7, 11) is 0. The molecule has 6 heteroatoms. The molecule has 2 atom stereocenters. The third-order valence-electron chi connectivity index (χ3n) is 2.36. The summed E-state index contributed by atoms with van der Waals surface area (Å²) >= 11 is 9.04. The van der Waals surface area contributed by atoms with Gasteiger partial charge in [0.25, 0.3) is 0 Å². The molecule has 0 radical (unpaired) electrons. The third kappa shape index (κ3) is 3.57. The van der Waals surface area contributed by atoms with Gasteiger partial charge < -0.3 is 10.4 Å². The molecule has 0 saturated heterocycles. The van der Waals surface area contributed by atoms with Gasteiger partial charge in [0, 0.05) is 6.20 Å². The number of aliphatic hydroxyl groups excluding tert-OH is 1. The normalized spacial score (nSPS) is 14.6. The minimum absolute atomic E-state index is 0.0349. The minimum Gasteiger partial charge on any atom is -0.391 e. The highest BCUT2D eigenvalue weighted by molar-refractivity contribution is 9.10. The van der Waals surface area contributed by atoms with Crippen molar-refractivity contribution in [2.24, 2.45) is 0 Å². The van der Waals surface area contributed by atoms with E-state index in [1.807, 2.05) is 13.8 Å². The van der Waals surface area contributed by atoms with Crippen LogP contribution in [0.25, 0.3) is 0 Å². The summed E-state index contributed by atoms with van der Waals surface area (Å²) in [6.45, 7) is 3.95. The van der Waals surface area contributed by atoms with Gasteiger partial charge in [-0.15, -0.1) is 0 Å². The maximum Gasteiger partial charge on any atom is 0.224 e. The van der Waals surface area contributed by atoms with Gasteiger partial charge in [0.2, 0.25) is 5.28 Å². The topological polar surface area (TPSA) is 58.0 Å². The Kier molecular flexibility index (Phi) is 5.44. The van der Waals surface area contributed by atoms with E-state index in [1.165, 1.54) is 0 Å². The highest BCUT2D eigenvalue weighted by Gasteiger charge is 2.17. The first kappa shape index (κ1) is 13.7. The van der Waals surface area contributed by atoms with Crippen LogP contribution in [0.4, 0.5) is 5.82 Å². The molecule has 90 valence electrons. The quantitative estimate of drug-likeness (QED) is 0.821. The molecule has 1 aromatic rings. The molecule has 0 bridgehead atoms. The van der Waals surface area contributed by atoms with Crippen molar-refractivity contribution in [3.05, 3.63) is 16.0 Å². The summed E-state index contributed by atoms with van der Waals surface area (Å²) in [4.78, 5) is 7.90. The molecule has 0 aromatic carbocycles. The van der Waals surface area contributed by atoms with Crippen molar-refractivity contribution in [2.75, 3.05) is 5.32 Å². The molecular formula is C10H15BrClN3O. The third-order valence-corrected chi connectivity index (χ3v) is 3.12. The number of aliphatic hydroxyl groups is 1. The van der Waals surface area contributed by atoms with E-state index in [4.69, 9.17) is 11.6 Å². The minimum atomic E-state index is -0.398. The summed E-state index contributed by atoms with van der Waals surface area (Å²) in [5.41, 5.74) is 0. The zero-order valence-electron chi connectivity index (χ0n) is 9.24. The first-order valence-corrected chi connectivity index (χ1v) is 6.38. The average Bonchev–Trinajstić information content (AvgIpc) is 2.29. The zero-order chi connectivity index (χ0) is 12.1. The van der Waals surface area contributed by atoms with Gasteiger partial charge in [-0.2, -0.15) is 4.98 Å². The Hall–Kier alpha value is -0.390. The fraction of sp³-hybridized carbons (Fsp3) is 0.600. The van der Waals surface area contributed by atoms with Gasteiger partial charge in [-0.3, -0.25) is 0 Å². The Bertz CT molecular complexity index is 351. The Morgan fingerprint density at radius 3 is 2.75 bits per heavy atom. The van der Waals surface area contributed by atoms with Crippen LogP contribution in [-0.4, -0.2) is 27.2 Å². The first-order valence-electron chi connectivity index (χ1n) is 5.21. The lowest BCUT2D eigenvalue weighted by molar-refractivity contribution is 0.146. The summed E-state index contributed by atoms with van der Waals surface area (Å²) < 4.78 is 0.735. The van der Waals surface area contributed by atoms with Crippen LogP contribution < -0.4 is 5.32 Å². The molecule has 1 rings (SSSR count). The smallest absolute Gasteiger partial charge is 0.224 e. The maximum absolute atomic E-state index is 9.79. The lowest BCUT2D eigenvalue weighted by Gasteiger charge is -2.22. The molecule has 0 saturated carbocycles. The van der Waals surface area contributed by atoms with E-state index in [2.05, 4.69) is 31.2 Å². The summed E-state index contributed by atoms with van der Waals surface area (Å²) in [5.74, 6) is 0.611. The molecule has 0 amide bonds. The second kappa shape index (κ2) is 6.37. The Morgan fingerprint density at radius 2 is 2.19 bits per heavy atom. The Labute approximate surface area is 109 Å². The number of nitrogens with zero attached hydrogens (tertiary/aromatic N) is 2. The van der Waals surface area contributed by atoms with Crippen molar-refractivity contribution in [1.82, 2.24) is 9.97 Å². The molecule has 1 heterocycles. The maximum atomic E-state index is 9.79. The number of halogens is 2. The van der Waals surface area contributed by atoms with E-state index in [0.29, 0.717) is 12.2 Å². The Balaban J connectivity index is 2.81. The van der Waals surface area contributed by atoms with Crippen molar-refractivity contribution in [3.8, 4) is 0 Å². The predicted molar refractivity (Wildman–Crippen MR) is 68.7 cm³/mol. The molecule has 2 unspecified atom stereocenters. The molecule has 0 fully saturated rings. The number of anilines is 1. The van der Waals surface area contributed by atoms with Crippen LogP contribution >= 0.6 is 27.5 Å². The van der Waals surface area contributed by atoms with E-state index in [9.17, 15) is 5.11 Å². The standard InChI is InChI=1S/C10H15BrClN3O/c1-3-7(8(16)4-2)14-9-6(11)5-13-10(12)15-9/h5,7-8,16H,3-4H2,1-2H3,(H,13,14,15). The van der Waals surface area contributed by atoms with E-state index in [1.54, 1.807) is 6.20 Å². The molecule has 0 spiro atoms. The van der Waals surface area contributed by atoms with Crippen molar-refractivity contribution >= 4 is 33.3 Å². The molecule has 0 aliphatic rings. The van der Waals surface area contributed by atoms with Gasteiger partial charge in [-0.25, -0.2) is 4.98 Å². The largest absolute Gasteiger partial charge is 0.391 e. The van der Waals surface area contributed by atoms with Crippen LogP contribution in [0.5, 0.6) is 0 Å². The summed E-state index contributed by atoms with van der Waals surface area (Å²) in [5, 5.41) is 13.1. The highest BCUT2D eigenvalue weighted by Crippen LogP contribution is 2.22. The van der Waals surface area contributed by atoms with Crippen LogP contribution in [0.1, 0.15) is 26.7 Å². The van der Waals surface area contributed by atoms with Gasteiger partial charge in [0.05, 0.1) is 16.6 Å². The molecule has 4 nitrogen and oxygen atoms in total. The second-order valence-corrected chi connectivity index (χ2v) is 4.66. The summed E-state index contributed by atoms with van der Waals surface area (Å²) in [6, 6.07) is -0.0349. The van der Waals surface area contributed by atoms with Crippen molar-refractivity contribution < 1.29 is 5.11 Å². The average molecular weight is 309 g/mol. The van der Waals surface area contributed by atoms with Crippen LogP contribution in [0.15, 0.2) is 10.7 Å². The van der Waals surface area contributed by atoms with Gasteiger partial charge in [-0.1, -0.05) is 13.8 Å². The van der Waals surface area contributed by atoms with Crippen LogP contribution in [0.2, 0.25) is 5.28 Å². The number of nitrogens with one attached hydrogen (secondary N) is 1. The van der Waals surface area contributed by atoms with Crippen molar-refractivity contribution in [3.63, 3.8) is 0 Å². The van der Waals surface area contributed by atoms with Gasteiger partial charge in [0.1, 0.15) is 5.82 Å². The fourth-order valence-corrected chi connectivity index (χ4v) is 1.82. The number of hydrogen-bond acceptors (Lipinski definition) is 4. The second-order valence-electron chi connectivity index (χ2n) is 3.47. The Morgan fingerprint density at radius 1 is 1.50 bits per heavy atom. The fourth-order valence-electron chi connectivity index (χ4n) is 1.38. The molecular weight excluding hydrogens is 293 g/mol. The van der Waals surface area contributed by atoms with E-state index in [0.717, 1.165) is 10.9 Å². The van der Waals surface area contributed by atoms with E-state index < -0.39 is 6.10 Å². The van der Waals surface area contributed by atoms with Crippen molar-refractivity contribution in [2.45, 2.75) is 38.8 Å². The lowest BCUT2D eigenvalue weighted by atomic mass is 10.1. The summed E-state index contributed by atoms with van der Waals surface area (Å²) in [6.07, 6.45) is 2.69. The number of hydrogen-bond donors (Lipinski definition) is 2. The van der Waals surface area contributed by atoms with Crippen LogP contribution in [-0.2, 0) is 0 Å². The van der Waals surface area contributed by atoms with Crippen LogP contribution in [0.3, 0.4) is 0 Å². The van der Waals surface area contributed by atoms with Gasteiger partial charge in [-0.05, 0) is 40.4 Å². The van der Waals surface area contributed by atoms with Gasteiger partial charge in [0.15, 0.2) is 0 Å². The number of aromatic nitrogens is 2. The molecule has 2 N–H and O–H groups in total. The zero-order valence-corrected chi connectivity index (χ0v) is 11.6. The number of rotatable bonds is 5. The van der Waals surface area contributed by atoms with Crippen LogP contribution in [0, 0.1) is 0 Å². The predicted octanol–water partition coefficient (Wildman–Crippen LogP) is 2.85. The molecule has 0 aliphatic carbocycles. The van der Waals surface area contributed by atoms with E-state index in [-0.39, 0.29) is 11.3 Å². The first-order chi connectivity index (χ1) is 7.58. The van der Waals surface area contributed by atoms with E-state index >= 15 is 0 Å². The lowest BCUT2D eigenvalue weighted by Crippen LogP contribution is -2.32. The molecule has 0 aliphatic heterocycles.